The Morgan fingerprint density at radius 1 is 1.53 bits per heavy atom. The van der Waals surface area contributed by atoms with E-state index >= 15 is 0 Å². The van der Waals surface area contributed by atoms with Gasteiger partial charge in [0.25, 0.3) is 0 Å². The molecule has 0 bridgehead atoms. The number of furan rings is 1. The van der Waals surface area contributed by atoms with Crippen LogP contribution in [0, 0.1) is 6.92 Å². The van der Waals surface area contributed by atoms with Crippen molar-refractivity contribution in [2.24, 2.45) is 0 Å². The van der Waals surface area contributed by atoms with Crippen molar-refractivity contribution in [3.05, 3.63) is 28.7 Å². The highest BCUT2D eigenvalue weighted by Crippen LogP contribution is 2.38. The van der Waals surface area contributed by atoms with Gasteiger partial charge in [-0.25, -0.2) is 4.98 Å². The van der Waals surface area contributed by atoms with Gasteiger partial charge in [0.15, 0.2) is 0 Å². The molecule has 1 N–H and O–H groups in total. The van der Waals surface area contributed by atoms with E-state index in [1.807, 2.05) is 24.3 Å². The third-order valence-electron chi connectivity index (χ3n) is 3.68. The summed E-state index contributed by atoms with van der Waals surface area (Å²) in [5.41, 5.74) is 2.44. The zero-order chi connectivity index (χ0) is 13.2. The SMILES string of the molecule is CCCNC1CCCc2nc(-c3ccoc3C)sc21. The molecule has 102 valence electrons. The van der Waals surface area contributed by atoms with E-state index in [2.05, 4.69) is 12.2 Å². The first-order chi connectivity index (χ1) is 9.29. The Labute approximate surface area is 118 Å². The van der Waals surface area contributed by atoms with Crippen molar-refractivity contribution < 1.29 is 4.42 Å². The lowest BCUT2D eigenvalue weighted by atomic mass is 9.98. The van der Waals surface area contributed by atoms with Gasteiger partial charge in [-0.05, 0) is 45.2 Å². The number of aromatic nitrogens is 1. The van der Waals surface area contributed by atoms with Crippen LogP contribution in [-0.4, -0.2) is 11.5 Å². The third kappa shape index (κ3) is 2.47. The number of hydrogen-bond donors (Lipinski definition) is 1. The average Bonchev–Trinajstić information content (AvgIpc) is 3.01. The summed E-state index contributed by atoms with van der Waals surface area (Å²) >= 11 is 1.83. The number of nitrogens with one attached hydrogen (secondary N) is 1. The maximum atomic E-state index is 5.39. The van der Waals surface area contributed by atoms with Crippen LogP contribution in [0.15, 0.2) is 16.7 Å². The highest BCUT2D eigenvalue weighted by atomic mass is 32.1. The molecule has 2 heterocycles. The number of nitrogens with zero attached hydrogens (tertiary/aromatic N) is 1. The van der Waals surface area contributed by atoms with Gasteiger partial charge in [-0.1, -0.05) is 6.92 Å². The zero-order valence-corrected chi connectivity index (χ0v) is 12.3. The predicted octanol–water partition coefficient (Wildman–Crippen LogP) is 4.09. The van der Waals surface area contributed by atoms with E-state index in [-0.39, 0.29) is 0 Å². The number of thiazole rings is 1. The van der Waals surface area contributed by atoms with Crippen molar-refractivity contribution in [1.82, 2.24) is 10.3 Å². The molecule has 0 saturated carbocycles. The Hall–Kier alpha value is -1.13. The second kappa shape index (κ2) is 5.47. The molecule has 19 heavy (non-hydrogen) atoms. The fraction of sp³-hybridized carbons (Fsp3) is 0.533. The number of fused-ring (bicyclic) bond motifs is 1. The van der Waals surface area contributed by atoms with Crippen LogP contribution >= 0.6 is 11.3 Å². The van der Waals surface area contributed by atoms with E-state index in [1.54, 1.807) is 6.26 Å². The minimum absolute atomic E-state index is 0.502. The largest absolute Gasteiger partial charge is 0.469 e. The normalized spacial score (nSPS) is 18.5. The van der Waals surface area contributed by atoms with Crippen LogP contribution in [0.1, 0.15) is 48.6 Å². The number of rotatable bonds is 4. The van der Waals surface area contributed by atoms with E-state index < -0.39 is 0 Å². The Bertz CT molecular complexity index is 558. The first-order valence-corrected chi connectivity index (χ1v) is 7.88. The molecular weight excluding hydrogens is 256 g/mol. The van der Waals surface area contributed by atoms with Crippen molar-refractivity contribution in [3.63, 3.8) is 0 Å². The average molecular weight is 276 g/mol. The molecule has 0 spiro atoms. The topological polar surface area (TPSA) is 38.1 Å². The first-order valence-electron chi connectivity index (χ1n) is 7.07. The summed E-state index contributed by atoms with van der Waals surface area (Å²) in [6.07, 6.45) is 6.52. The van der Waals surface area contributed by atoms with Gasteiger partial charge in [0.05, 0.1) is 17.5 Å². The predicted molar refractivity (Wildman–Crippen MR) is 78.5 cm³/mol. The molecule has 4 heteroatoms. The highest BCUT2D eigenvalue weighted by Gasteiger charge is 2.25. The van der Waals surface area contributed by atoms with Crippen molar-refractivity contribution >= 4 is 11.3 Å². The van der Waals surface area contributed by atoms with Gasteiger partial charge >= 0.3 is 0 Å². The van der Waals surface area contributed by atoms with Crippen LogP contribution in [0.2, 0.25) is 0 Å². The van der Waals surface area contributed by atoms with Gasteiger partial charge in [0, 0.05) is 10.9 Å². The molecule has 2 aromatic heterocycles. The lowest BCUT2D eigenvalue weighted by molar-refractivity contribution is 0.465. The van der Waals surface area contributed by atoms with Gasteiger partial charge in [-0.15, -0.1) is 11.3 Å². The van der Waals surface area contributed by atoms with Crippen LogP contribution in [0.4, 0.5) is 0 Å². The standard InChI is InChI=1S/C15H20N2OS/c1-3-8-16-12-5-4-6-13-14(12)19-15(17-13)11-7-9-18-10(11)2/h7,9,12,16H,3-6,8H2,1-2H3. The summed E-state index contributed by atoms with van der Waals surface area (Å²) in [6.45, 7) is 5.30. The molecule has 0 saturated heterocycles. The Kier molecular flexibility index (Phi) is 3.71. The fourth-order valence-electron chi connectivity index (χ4n) is 2.65. The lowest BCUT2D eigenvalue weighted by Crippen LogP contribution is -2.24. The highest BCUT2D eigenvalue weighted by molar-refractivity contribution is 7.15. The van der Waals surface area contributed by atoms with E-state index in [9.17, 15) is 0 Å². The van der Waals surface area contributed by atoms with Gasteiger partial charge in [0.1, 0.15) is 10.8 Å². The smallest absolute Gasteiger partial charge is 0.127 e. The molecule has 3 nitrogen and oxygen atoms in total. The number of aryl methyl sites for hydroxylation is 2. The van der Waals surface area contributed by atoms with E-state index in [4.69, 9.17) is 9.40 Å². The molecule has 0 amide bonds. The molecule has 1 aliphatic carbocycles. The summed E-state index contributed by atoms with van der Waals surface area (Å²) < 4.78 is 5.39. The van der Waals surface area contributed by atoms with Crippen LogP contribution in [0.25, 0.3) is 10.6 Å². The van der Waals surface area contributed by atoms with Crippen LogP contribution in [-0.2, 0) is 6.42 Å². The third-order valence-corrected chi connectivity index (χ3v) is 4.92. The van der Waals surface area contributed by atoms with Crippen LogP contribution < -0.4 is 5.32 Å². The first kappa shape index (κ1) is 12.9. The maximum Gasteiger partial charge on any atom is 0.127 e. The Balaban J connectivity index is 1.91. The van der Waals surface area contributed by atoms with E-state index in [0.29, 0.717) is 6.04 Å². The van der Waals surface area contributed by atoms with Crippen LogP contribution in [0.5, 0.6) is 0 Å². The molecule has 1 unspecified atom stereocenters. The Morgan fingerprint density at radius 2 is 2.42 bits per heavy atom. The summed E-state index contributed by atoms with van der Waals surface area (Å²) in [5, 5.41) is 4.76. The van der Waals surface area contributed by atoms with Crippen molar-refractivity contribution in [2.45, 2.75) is 45.6 Å². The van der Waals surface area contributed by atoms with Crippen molar-refractivity contribution in [2.75, 3.05) is 6.54 Å². The lowest BCUT2D eigenvalue weighted by Gasteiger charge is -2.22. The van der Waals surface area contributed by atoms with Gasteiger partial charge in [0.2, 0.25) is 0 Å². The molecule has 0 radical (unpaired) electrons. The maximum absolute atomic E-state index is 5.39. The number of hydrogen-bond acceptors (Lipinski definition) is 4. The van der Waals surface area contributed by atoms with E-state index in [1.165, 1.54) is 29.8 Å². The molecule has 0 aromatic carbocycles. The summed E-state index contributed by atoms with van der Waals surface area (Å²) in [7, 11) is 0. The van der Waals surface area contributed by atoms with Gasteiger partial charge in [-0.3, -0.25) is 0 Å². The van der Waals surface area contributed by atoms with Crippen molar-refractivity contribution in [1.29, 1.82) is 0 Å². The van der Waals surface area contributed by atoms with Crippen molar-refractivity contribution in [3.8, 4) is 10.6 Å². The van der Waals surface area contributed by atoms with Gasteiger partial charge in [-0.2, -0.15) is 0 Å². The molecule has 1 aliphatic rings. The minimum atomic E-state index is 0.502. The monoisotopic (exact) mass is 276 g/mol. The summed E-state index contributed by atoms with van der Waals surface area (Å²) in [5.74, 6) is 0.962. The van der Waals surface area contributed by atoms with E-state index in [0.717, 1.165) is 29.3 Å². The summed E-state index contributed by atoms with van der Waals surface area (Å²) in [4.78, 5) is 6.27. The fourth-order valence-corrected chi connectivity index (χ4v) is 3.95. The molecule has 0 aliphatic heterocycles. The second-order valence-corrected chi connectivity index (χ2v) is 6.15. The quantitative estimate of drug-likeness (QED) is 0.914. The molecule has 2 aromatic rings. The molecule has 0 fully saturated rings. The minimum Gasteiger partial charge on any atom is -0.469 e. The molecule has 3 rings (SSSR count). The summed E-state index contributed by atoms with van der Waals surface area (Å²) in [6, 6.07) is 2.52. The van der Waals surface area contributed by atoms with Crippen LogP contribution in [0.3, 0.4) is 0 Å². The molecule has 1 atom stereocenters. The van der Waals surface area contributed by atoms with Gasteiger partial charge < -0.3 is 9.73 Å². The zero-order valence-electron chi connectivity index (χ0n) is 11.5. The molecular formula is C15H20N2OS. The Morgan fingerprint density at radius 3 is 3.16 bits per heavy atom. The second-order valence-electron chi connectivity index (χ2n) is 5.12.